The Kier molecular flexibility index (Phi) is 2.93. The highest BCUT2D eigenvalue weighted by atomic mass is 32.2. The molecular weight excluding hydrogens is 164 g/mol. The quantitative estimate of drug-likeness (QED) is 0.592. The van der Waals surface area contributed by atoms with Crippen molar-refractivity contribution in [1.82, 2.24) is 0 Å². The van der Waals surface area contributed by atoms with E-state index in [2.05, 4.69) is 17.6 Å². The maximum absolute atomic E-state index is 2.34. The molecule has 2 aliphatic rings. The summed E-state index contributed by atoms with van der Waals surface area (Å²) in [4.78, 5) is 0. The van der Waals surface area contributed by atoms with Gasteiger partial charge in [0.15, 0.2) is 0 Å². The Balaban J connectivity index is 1.97. The summed E-state index contributed by atoms with van der Waals surface area (Å²) in [6.45, 7) is 0. The first-order valence-corrected chi connectivity index (χ1v) is 5.99. The summed E-state index contributed by atoms with van der Waals surface area (Å²) in [7, 11) is 0. The maximum Gasteiger partial charge on any atom is 0.0190 e. The lowest BCUT2D eigenvalue weighted by Gasteiger charge is -2.24. The summed E-state index contributed by atoms with van der Waals surface area (Å²) in [5.74, 6) is 2.18. The van der Waals surface area contributed by atoms with Gasteiger partial charge in [-0.05, 0) is 24.2 Å². The summed E-state index contributed by atoms with van der Waals surface area (Å²) in [5, 5.41) is 2.20. The van der Waals surface area contributed by atoms with Gasteiger partial charge in [0.25, 0.3) is 0 Å². The fourth-order valence-electron chi connectivity index (χ4n) is 2.14. The van der Waals surface area contributed by atoms with Crippen LogP contribution >= 0.6 is 11.8 Å². The average molecular weight is 180 g/mol. The van der Waals surface area contributed by atoms with Crippen LogP contribution in [0.5, 0.6) is 0 Å². The van der Waals surface area contributed by atoms with Gasteiger partial charge in [0, 0.05) is 5.75 Å². The van der Waals surface area contributed by atoms with E-state index in [0.717, 1.165) is 5.92 Å². The minimum Gasteiger partial charge on any atom is -0.130 e. The van der Waals surface area contributed by atoms with Crippen LogP contribution in [0.2, 0.25) is 0 Å². The lowest BCUT2D eigenvalue weighted by Crippen LogP contribution is -2.11. The molecule has 0 amide bonds. The zero-order valence-electron chi connectivity index (χ0n) is 7.46. The van der Waals surface area contributed by atoms with Gasteiger partial charge in [0.2, 0.25) is 0 Å². The van der Waals surface area contributed by atoms with Crippen LogP contribution in [0, 0.1) is 5.92 Å². The molecule has 0 bridgehead atoms. The van der Waals surface area contributed by atoms with Crippen molar-refractivity contribution in [3.63, 3.8) is 0 Å². The van der Waals surface area contributed by atoms with E-state index in [4.69, 9.17) is 0 Å². The van der Waals surface area contributed by atoms with Crippen molar-refractivity contribution in [2.24, 2.45) is 5.92 Å². The Morgan fingerprint density at radius 3 is 2.67 bits per heavy atom. The molecule has 0 spiro atoms. The molecular formula is C11H16S. The molecule has 1 heterocycles. The van der Waals surface area contributed by atoms with Crippen molar-refractivity contribution < 1.29 is 0 Å². The van der Waals surface area contributed by atoms with Gasteiger partial charge in [-0.2, -0.15) is 0 Å². The van der Waals surface area contributed by atoms with Crippen molar-refractivity contribution in [3.8, 4) is 0 Å². The first-order valence-electron chi connectivity index (χ1n) is 4.94. The predicted molar refractivity (Wildman–Crippen MR) is 56.3 cm³/mol. The second kappa shape index (κ2) is 4.18. The number of thioether (sulfide) groups is 1. The van der Waals surface area contributed by atoms with E-state index in [1.54, 1.807) is 5.57 Å². The first kappa shape index (κ1) is 8.43. The summed E-state index contributed by atoms with van der Waals surface area (Å²) < 4.78 is 0. The molecule has 0 aromatic rings. The van der Waals surface area contributed by atoms with Crippen LogP contribution in [-0.2, 0) is 0 Å². The van der Waals surface area contributed by atoms with E-state index in [-0.39, 0.29) is 0 Å². The van der Waals surface area contributed by atoms with Crippen molar-refractivity contribution in [2.45, 2.75) is 32.1 Å². The maximum atomic E-state index is 2.34. The highest BCUT2D eigenvalue weighted by Crippen LogP contribution is 2.32. The lowest BCUT2D eigenvalue weighted by molar-refractivity contribution is 0.404. The Morgan fingerprint density at radius 1 is 1.17 bits per heavy atom. The molecule has 0 aromatic carbocycles. The van der Waals surface area contributed by atoms with Crippen LogP contribution in [0.1, 0.15) is 32.1 Å². The smallest absolute Gasteiger partial charge is 0.0190 e. The van der Waals surface area contributed by atoms with E-state index < -0.39 is 0 Å². The number of allylic oxidation sites excluding steroid dienone is 2. The molecule has 0 N–H and O–H groups in total. The molecule has 1 saturated carbocycles. The van der Waals surface area contributed by atoms with E-state index in [1.165, 1.54) is 37.9 Å². The Bertz CT molecular complexity index is 197. The van der Waals surface area contributed by atoms with Gasteiger partial charge in [-0.3, -0.25) is 0 Å². The zero-order valence-corrected chi connectivity index (χ0v) is 8.28. The molecule has 0 aromatic heterocycles. The molecule has 0 radical (unpaired) electrons. The minimum absolute atomic E-state index is 0.927. The molecule has 0 saturated heterocycles. The van der Waals surface area contributed by atoms with Crippen LogP contribution in [0.15, 0.2) is 23.1 Å². The molecule has 0 atom stereocenters. The highest BCUT2D eigenvalue weighted by Gasteiger charge is 2.17. The van der Waals surface area contributed by atoms with Crippen LogP contribution in [0.3, 0.4) is 0 Å². The molecule has 66 valence electrons. The van der Waals surface area contributed by atoms with Gasteiger partial charge in [0.1, 0.15) is 0 Å². The Hall–Kier alpha value is -0.170. The number of rotatable bonds is 1. The second-order valence-electron chi connectivity index (χ2n) is 3.72. The molecule has 0 nitrogen and oxygen atoms in total. The van der Waals surface area contributed by atoms with Gasteiger partial charge in [-0.1, -0.05) is 37.0 Å². The summed E-state index contributed by atoms with van der Waals surface area (Å²) >= 11 is 1.95. The number of hydrogen-bond donors (Lipinski definition) is 0. The molecule has 2 rings (SSSR count). The van der Waals surface area contributed by atoms with Crippen molar-refractivity contribution in [1.29, 1.82) is 0 Å². The summed E-state index contributed by atoms with van der Waals surface area (Å²) in [5.41, 5.74) is 1.70. The molecule has 1 fully saturated rings. The molecule has 1 heteroatoms. The second-order valence-corrected chi connectivity index (χ2v) is 4.61. The van der Waals surface area contributed by atoms with Crippen molar-refractivity contribution in [3.05, 3.63) is 23.1 Å². The fourth-order valence-corrected chi connectivity index (χ4v) is 2.95. The van der Waals surface area contributed by atoms with Crippen LogP contribution in [0.25, 0.3) is 0 Å². The molecule has 1 aliphatic carbocycles. The third-order valence-electron chi connectivity index (χ3n) is 2.86. The third kappa shape index (κ3) is 1.95. The Morgan fingerprint density at radius 2 is 2.00 bits per heavy atom. The topological polar surface area (TPSA) is 0 Å². The molecule has 0 unspecified atom stereocenters. The zero-order chi connectivity index (χ0) is 8.23. The van der Waals surface area contributed by atoms with Gasteiger partial charge in [-0.15, -0.1) is 11.8 Å². The largest absolute Gasteiger partial charge is 0.130 e. The number of hydrogen-bond acceptors (Lipinski definition) is 1. The molecule has 12 heavy (non-hydrogen) atoms. The van der Waals surface area contributed by atoms with Crippen molar-refractivity contribution in [2.75, 3.05) is 5.75 Å². The van der Waals surface area contributed by atoms with E-state index in [9.17, 15) is 0 Å². The van der Waals surface area contributed by atoms with Crippen LogP contribution in [0.4, 0.5) is 0 Å². The van der Waals surface area contributed by atoms with E-state index in [1.807, 2.05) is 11.8 Å². The summed E-state index contributed by atoms with van der Waals surface area (Å²) in [6, 6.07) is 0. The van der Waals surface area contributed by atoms with Crippen LogP contribution in [-0.4, -0.2) is 5.75 Å². The van der Waals surface area contributed by atoms with E-state index >= 15 is 0 Å². The third-order valence-corrected chi connectivity index (χ3v) is 3.71. The lowest BCUT2D eigenvalue weighted by atomic mass is 9.84. The minimum atomic E-state index is 0.927. The SMILES string of the molecule is C1=CSCC(C2CCCCC2)=C1. The predicted octanol–water partition coefficient (Wildman–Crippen LogP) is 3.75. The Labute approximate surface area is 79.1 Å². The van der Waals surface area contributed by atoms with Gasteiger partial charge < -0.3 is 0 Å². The van der Waals surface area contributed by atoms with Crippen molar-refractivity contribution >= 4 is 11.8 Å². The first-order chi connectivity index (χ1) is 5.97. The normalized spacial score (nSPS) is 25.5. The fraction of sp³-hybridized carbons (Fsp3) is 0.636. The molecule has 1 aliphatic heterocycles. The van der Waals surface area contributed by atoms with Gasteiger partial charge in [-0.25, -0.2) is 0 Å². The van der Waals surface area contributed by atoms with Gasteiger partial charge >= 0.3 is 0 Å². The monoisotopic (exact) mass is 180 g/mol. The van der Waals surface area contributed by atoms with Crippen LogP contribution < -0.4 is 0 Å². The standard InChI is InChI=1S/C11H16S/c1-2-5-10(6-3-1)11-7-4-8-12-9-11/h4,7-8,10H,1-3,5-6,9H2. The van der Waals surface area contributed by atoms with E-state index in [0.29, 0.717) is 0 Å². The van der Waals surface area contributed by atoms with Gasteiger partial charge in [0.05, 0.1) is 0 Å². The average Bonchev–Trinajstić information content (AvgIpc) is 2.21. The highest BCUT2D eigenvalue weighted by molar-refractivity contribution is 8.02. The summed E-state index contributed by atoms with van der Waals surface area (Å²) in [6.07, 6.45) is 11.8.